The number of rotatable bonds is 7. The van der Waals surface area contributed by atoms with Crippen LogP contribution in [0.2, 0.25) is 0 Å². The van der Waals surface area contributed by atoms with Gasteiger partial charge in [-0.25, -0.2) is 0 Å². The summed E-state index contributed by atoms with van der Waals surface area (Å²) in [6.07, 6.45) is 11.8. The van der Waals surface area contributed by atoms with Crippen LogP contribution in [-0.4, -0.2) is 0 Å². The van der Waals surface area contributed by atoms with Crippen molar-refractivity contribution >= 4 is 0 Å². The van der Waals surface area contributed by atoms with Gasteiger partial charge >= 0.3 is 0 Å². The summed E-state index contributed by atoms with van der Waals surface area (Å²) in [4.78, 5) is 0. The third-order valence-corrected chi connectivity index (χ3v) is 4.60. The quantitative estimate of drug-likeness (QED) is 0.523. The van der Waals surface area contributed by atoms with E-state index < -0.39 is 0 Å². The third kappa shape index (κ3) is 4.47. The Bertz CT molecular complexity index is 165. The van der Waals surface area contributed by atoms with E-state index in [1.165, 1.54) is 51.4 Å². The first-order valence-corrected chi connectivity index (χ1v) is 7.67. The van der Waals surface area contributed by atoms with Gasteiger partial charge in [-0.15, -0.1) is 0 Å². The summed E-state index contributed by atoms with van der Waals surface area (Å²) >= 11 is 0. The summed E-state index contributed by atoms with van der Waals surface area (Å²) in [5, 5.41) is 0. The lowest BCUT2D eigenvalue weighted by atomic mass is 9.77. The van der Waals surface area contributed by atoms with Gasteiger partial charge in [-0.1, -0.05) is 66.2 Å². The summed E-state index contributed by atoms with van der Waals surface area (Å²) < 4.78 is 0. The standard InChI is InChI=1S/C16H32/c1-5-15(11-13(3)4)16(6-2)12-14-9-7-8-10-14/h13-16H,5-12H2,1-4H3/t15?,16-/m1/s1. The lowest BCUT2D eigenvalue weighted by Gasteiger charge is -2.29. The largest absolute Gasteiger partial charge is 0.0651 e. The van der Waals surface area contributed by atoms with Crippen molar-refractivity contribution < 1.29 is 0 Å². The number of hydrogen-bond donors (Lipinski definition) is 0. The summed E-state index contributed by atoms with van der Waals surface area (Å²) in [5.41, 5.74) is 0. The molecule has 0 nitrogen and oxygen atoms in total. The fraction of sp³-hybridized carbons (Fsp3) is 1.00. The Morgan fingerprint density at radius 1 is 0.938 bits per heavy atom. The van der Waals surface area contributed by atoms with Crippen LogP contribution >= 0.6 is 0 Å². The van der Waals surface area contributed by atoms with Crippen LogP contribution in [0.25, 0.3) is 0 Å². The molecule has 0 heterocycles. The second-order valence-corrected chi connectivity index (χ2v) is 6.35. The first-order valence-electron chi connectivity index (χ1n) is 7.67. The molecule has 0 radical (unpaired) electrons. The van der Waals surface area contributed by atoms with Crippen LogP contribution < -0.4 is 0 Å². The molecule has 0 saturated heterocycles. The minimum Gasteiger partial charge on any atom is -0.0651 e. The van der Waals surface area contributed by atoms with Crippen LogP contribution in [0.3, 0.4) is 0 Å². The Kier molecular flexibility index (Phi) is 6.46. The van der Waals surface area contributed by atoms with E-state index in [2.05, 4.69) is 27.7 Å². The molecule has 0 aliphatic heterocycles. The highest BCUT2D eigenvalue weighted by Gasteiger charge is 2.24. The first kappa shape index (κ1) is 14.1. The van der Waals surface area contributed by atoms with Crippen molar-refractivity contribution in [3.05, 3.63) is 0 Å². The van der Waals surface area contributed by atoms with Gasteiger partial charge in [-0.05, 0) is 36.5 Å². The van der Waals surface area contributed by atoms with E-state index in [-0.39, 0.29) is 0 Å². The van der Waals surface area contributed by atoms with Gasteiger partial charge in [0.2, 0.25) is 0 Å². The predicted octanol–water partition coefficient (Wildman–Crippen LogP) is 5.67. The van der Waals surface area contributed by atoms with E-state index in [9.17, 15) is 0 Å². The molecule has 0 N–H and O–H groups in total. The Morgan fingerprint density at radius 2 is 1.50 bits per heavy atom. The molecule has 16 heavy (non-hydrogen) atoms. The SMILES string of the molecule is CCC(CC(C)C)[C@H](CC)CC1CCCC1. The van der Waals surface area contributed by atoms with Gasteiger partial charge in [0.15, 0.2) is 0 Å². The minimum atomic E-state index is 0.877. The molecule has 0 amide bonds. The van der Waals surface area contributed by atoms with Gasteiger partial charge in [0, 0.05) is 0 Å². The third-order valence-electron chi connectivity index (χ3n) is 4.60. The fourth-order valence-corrected chi connectivity index (χ4v) is 3.66. The van der Waals surface area contributed by atoms with Crippen LogP contribution in [0.4, 0.5) is 0 Å². The Labute approximate surface area is 103 Å². The smallest absolute Gasteiger partial charge is 0.0386 e. The van der Waals surface area contributed by atoms with Crippen LogP contribution in [0, 0.1) is 23.7 Å². The molecule has 1 saturated carbocycles. The van der Waals surface area contributed by atoms with E-state index >= 15 is 0 Å². The molecule has 0 aromatic carbocycles. The Hall–Kier alpha value is 0. The zero-order valence-corrected chi connectivity index (χ0v) is 12.0. The zero-order valence-electron chi connectivity index (χ0n) is 12.0. The molecule has 96 valence electrons. The van der Waals surface area contributed by atoms with Crippen LogP contribution in [0.5, 0.6) is 0 Å². The molecule has 0 aromatic rings. The second-order valence-electron chi connectivity index (χ2n) is 6.35. The fourth-order valence-electron chi connectivity index (χ4n) is 3.66. The first-order chi connectivity index (χ1) is 7.67. The Balaban J connectivity index is 2.42. The topological polar surface area (TPSA) is 0 Å². The van der Waals surface area contributed by atoms with E-state index in [0.717, 1.165) is 23.7 Å². The molecule has 1 aliphatic rings. The predicted molar refractivity (Wildman–Crippen MR) is 73.6 cm³/mol. The van der Waals surface area contributed by atoms with Crippen LogP contribution in [0.15, 0.2) is 0 Å². The molecular weight excluding hydrogens is 192 g/mol. The van der Waals surface area contributed by atoms with E-state index in [0.29, 0.717) is 0 Å². The number of hydrogen-bond acceptors (Lipinski definition) is 0. The maximum absolute atomic E-state index is 2.41. The lowest BCUT2D eigenvalue weighted by molar-refractivity contribution is 0.221. The van der Waals surface area contributed by atoms with E-state index in [1.807, 2.05) is 0 Å². The normalized spacial score (nSPS) is 21.6. The maximum Gasteiger partial charge on any atom is -0.0386 e. The monoisotopic (exact) mass is 224 g/mol. The van der Waals surface area contributed by atoms with Gasteiger partial charge in [-0.2, -0.15) is 0 Å². The molecule has 1 rings (SSSR count). The molecule has 0 bridgehead atoms. The van der Waals surface area contributed by atoms with Gasteiger partial charge in [-0.3, -0.25) is 0 Å². The highest BCUT2D eigenvalue weighted by Crippen LogP contribution is 2.36. The van der Waals surface area contributed by atoms with Crippen LogP contribution in [-0.2, 0) is 0 Å². The highest BCUT2D eigenvalue weighted by molar-refractivity contribution is 4.76. The molecular formula is C16H32. The summed E-state index contributed by atoms with van der Waals surface area (Å²) in [5.74, 6) is 3.95. The molecule has 1 aliphatic carbocycles. The Morgan fingerprint density at radius 3 is 1.94 bits per heavy atom. The van der Waals surface area contributed by atoms with E-state index in [1.54, 1.807) is 0 Å². The van der Waals surface area contributed by atoms with Crippen LogP contribution in [0.1, 0.15) is 79.1 Å². The van der Waals surface area contributed by atoms with Gasteiger partial charge in [0.25, 0.3) is 0 Å². The van der Waals surface area contributed by atoms with Crippen molar-refractivity contribution in [3.8, 4) is 0 Å². The van der Waals surface area contributed by atoms with E-state index in [4.69, 9.17) is 0 Å². The van der Waals surface area contributed by atoms with Gasteiger partial charge in [0.1, 0.15) is 0 Å². The van der Waals surface area contributed by atoms with Crippen molar-refractivity contribution in [2.24, 2.45) is 23.7 Å². The molecule has 1 fully saturated rings. The van der Waals surface area contributed by atoms with Gasteiger partial charge in [0.05, 0.1) is 0 Å². The molecule has 0 aromatic heterocycles. The summed E-state index contributed by atoms with van der Waals surface area (Å²) in [6, 6.07) is 0. The lowest BCUT2D eigenvalue weighted by Crippen LogP contribution is -2.18. The average molecular weight is 224 g/mol. The maximum atomic E-state index is 2.41. The zero-order chi connectivity index (χ0) is 12.0. The molecule has 1 unspecified atom stereocenters. The van der Waals surface area contributed by atoms with Crippen molar-refractivity contribution in [3.63, 3.8) is 0 Å². The molecule has 0 spiro atoms. The average Bonchev–Trinajstić information content (AvgIpc) is 2.75. The molecule has 0 heteroatoms. The van der Waals surface area contributed by atoms with Crippen molar-refractivity contribution in [1.29, 1.82) is 0 Å². The second kappa shape index (κ2) is 7.35. The van der Waals surface area contributed by atoms with Crippen molar-refractivity contribution in [2.45, 2.75) is 79.1 Å². The van der Waals surface area contributed by atoms with Crippen molar-refractivity contribution in [2.75, 3.05) is 0 Å². The summed E-state index contributed by atoms with van der Waals surface area (Å²) in [7, 11) is 0. The van der Waals surface area contributed by atoms with Crippen molar-refractivity contribution in [1.82, 2.24) is 0 Å². The summed E-state index contributed by atoms with van der Waals surface area (Å²) in [6.45, 7) is 9.56. The van der Waals surface area contributed by atoms with Gasteiger partial charge < -0.3 is 0 Å². The highest BCUT2D eigenvalue weighted by atomic mass is 14.3. The molecule has 2 atom stereocenters. The minimum absolute atomic E-state index is 0.877.